The van der Waals surface area contributed by atoms with Crippen LogP contribution >= 0.6 is 0 Å². The zero-order chi connectivity index (χ0) is 23.9. The summed E-state index contributed by atoms with van der Waals surface area (Å²) >= 11 is 0. The fraction of sp³-hybridized carbons (Fsp3) is 0.481. The number of benzene rings is 2. The van der Waals surface area contributed by atoms with Crippen molar-refractivity contribution < 1.29 is 28.6 Å². The molecular formula is C27H30FNO5. The SMILES string of the molecule is COCc1cc(C(=O)COc2ccccc2F)ccc1C(=O)NC1C2CC3CC1CC(O)(C3)C2. The molecule has 4 aliphatic rings. The number of carbonyl (C=O) groups is 2. The normalized spacial score (nSPS) is 29.1. The minimum atomic E-state index is -0.550. The number of amides is 1. The highest BCUT2D eigenvalue weighted by molar-refractivity contribution is 6.00. The standard InChI is InChI=1S/C27H30FNO5/c1-33-14-20-10-17(23(30)15-34-24-5-3-2-4-22(24)28)6-7-21(20)26(31)29-25-18-8-16-9-19(25)13-27(32,11-16)12-18/h2-7,10,16,18-19,25,32H,8-9,11-15H2,1H3,(H,29,31). The lowest BCUT2D eigenvalue weighted by Gasteiger charge is -2.58. The first kappa shape index (κ1) is 23.0. The Bertz CT molecular complexity index is 1090. The fourth-order valence-corrected chi connectivity index (χ4v) is 6.50. The van der Waals surface area contributed by atoms with E-state index in [1.807, 2.05) is 0 Å². The molecule has 34 heavy (non-hydrogen) atoms. The summed E-state index contributed by atoms with van der Waals surface area (Å²) in [7, 11) is 1.54. The van der Waals surface area contributed by atoms with Crippen molar-refractivity contribution in [2.75, 3.05) is 13.7 Å². The molecule has 2 aromatic carbocycles. The number of ketones is 1. The minimum Gasteiger partial charge on any atom is -0.482 e. The van der Waals surface area contributed by atoms with E-state index in [9.17, 15) is 19.1 Å². The fourth-order valence-electron chi connectivity index (χ4n) is 6.50. The van der Waals surface area contributed by atoms with Crippen LogP contribution in [0.3, 0.4) is 0 Å². The van der Waals surface area contributed by atoms with E-state index in [-0.39, 0.29) is 36.7 Å². The molecule has 0 heterocycles. The second-order valence-electron chi connectivity index (χ2n) is 10.1. The zero-order valence-electron chi connectivity index (χ0n) is 19.3. The van der Waals surface area contributed by atoms with Gasteiger partial charge in [-0.1, -0.05) is 18.2 Å². The van der Waals surface area contributed by atoms with Gasteiger partial charge in [0.05, 0.1) is 12.2 Å². The van der Waals surface area contributed by atoms with Crippen LogP contribution in [0, 0.1) is 23.6 Å². The van der Waals surface area contributed by atoms with Crippen LogP contribution in [-0.4, -0.2) is 42.2 Å². The van der Waals surface area contributed by atoms with E-state index in [4.69, 9.17) is 9.47 Å². The van der Waals surface area contributed by atoms with Crippen molar-refractivity contribution in [1.29, 1.82) is 0 Å². The number of ether oxygens (including phenoxy) is 2. The van der Waals surface area contributed by atoms with Gasteiger partial charge in [0.25, 0.3) is 5.91 Å². The third-order valence-corrected chi connectivity index (χ3v) is 7.71. The number of rotatable bonds is 8. The van der Waals surface area contributed by atoms with Crippen LogP contribution in [0.2, 0.25) is 0 Å². The first-order chi connectivity index (χ1) is 16.3. The Kier molecular flexibility index (Phi) is 6.16. The number of methoxy groups -OCH3 is 1. The van der Waals surface area contributed by atoms with Gasteiger partial charge in [-0.15, -0.1) is 0 Å². The number of nitrogens with one attached hydrogen (secondary N) is 1. The van der Waals surface area contributed by atoms with Gasteiger partial charge in [-0.3, -0.25) is 9.59 Å². The summed E-state index contributed by atoms with van der Waals surface area (Å²) in [6.07, 6.45) is 4.53. The average Bonchev–Trinajstić information content (AvgIpc) is 2.79. The second-order valence-corrected chi connectivity index (χ2v) is 10.1. The lowest BCUT2D eigenvalue weighted by Crippen LogP contribution is -2.61. The summed E-state index contributed by atoms with van der Waals surface area (Å²) in [6.45, 7) is -0.133. The molecule has 4 saturated carbocycles. The summed E-state index contributed by atoms with van der Waals surface area (Å²) in [4.78, 5) is 25.9. The monoisotopic (exact) mass is 467 g/mol. The first-order valence-electron chi connectivity index (χ1n) is 11.9. The van der Waals surface area contributed by atoms with Gasteiger partial charge in [0.2, 0.25) is 0 Å². The Morgan fingerprint density at radius 2 is 1.85 bits per heavy atom. The van der Waals surface area contributed by atoms with Crippen molar-refractivity contribution in [3.63, 3.8) is 0 Å². The van der Waals surface area contributed by atoms with Gasteiger partial charge in [-0.2, -0.15) is 0 Å². The van der Waals surface area contributed by atoms with Gasteiger partial charge in [-0.05, 0) is 79.7 Å². The molecule has 4 aliphatic carbocycles. The third kappa shape index (κ3) is 4.46. The lowest BCUT2D eigenvalue weighted by molar-refractivity contribution is -0.136. The van der Waals surface area contributed by atoms with Crippen molar-refractivity contribution in [2.45, 2.75) is 50.4 Å². The van der Waals surface area contributed by atoms with Crippen molar-refractivity contribution in [3.8, 4) is 5.75 Å². The summed E-state index contributed by atoms with van der Waals surface area (Å²) in [6, 6.07) is 10.9. The molecule has 0 aliphatic heterocycles. The molecular weight excluding hydrogens is 437 g/mol. The van der Waals surface area contributed by atoms with Gasteiger partial charge in [0.1, 0.15) is 0 Å². The van der Waals surface area contributed by atoms with Gasteiger partial charge >= 0.3 is 0 Å². The maximum Gasteiger partial charge on any atom is 0.251 e. The van der Waals surface area contributed by atoms with E-state index < -0.39 is 11.4 Å². The highest BCUT2D eigenvalue weighted by Crippen LogP contribution is 2.55. The largest absolute Gasteiger partial charge is 0.482 e. The van der Waals surface area contributed by atoms with Crippen LogP contribution < -0.4 is 10.1 Å². The number of carbonyl (C=O) groups excluding carboxylic acids is 2. The van der Waals surface area contributed by atoms with Crippen LogP contribution in [-0.2, 0) is 11.3 Å². The van der Waals surface area contributed by atoms with E-state index in [2.05, 4.69) is 5.32 Å². The number of aliphatic hydroxyl groups is 1. The molecule has 0 aromatic heterocycles. The smallest absolute Gasteiger partial charge is 0.251 e. The number of Topliss-reactive ketones (excluding diaryl/α,β-unsaturated/α-hetero) is 1. The average molecular weight is 468 g/mol. The van der Waals surface area contributed by atoms with Crippen LogP contribution in [0.15, 0.2) is 42.5 Å². The predicted molar refractivity (Wildman–Crippen MR) is 123 cm³/mol. The molecule has 6 rings (SSSR count). The maximum atomic E-state index is 13.8. The van der Waals surface area contributed by atoms with E-state index >= 15 is 0 Å². The number of halogens is 1. The molecule has 6 nitrogen and oxygen atoms in total. The van der Waals surface area contributed by atoms with Crippen molar-refractivity contribution >= 4 is 11.7 Å². The van der Waals surface area contributed by atoms with E-state index in [1.165, 1.54) is 19.2 Å². The molecule has 0 saturated heterocycles. The van der Waals surface area contributed by atoms with Gasteiger partial charge in [0, 0.05) is 24.3 Å². The summed E-state index contributed by atoms with van der Waals surface area (Å²) in [5.41, 5.74) is 0.906. The highest BCUT2D eigenvalue weighted by Gasteiger charge is 2.55. The Morgan fingerprint density at radius 3 is 2.53 bits per heavy atom. The molecule has 7 heteroatoms. The Morgan fingerprint density at radius 1 is 1.12 bits per heavy atom. The van der Waals surface area contributed by atoms with Gasteiger partial charge < -0.3 is 19.9 Å². The van der Waals surface area contributed by atoms with Crippen molar-refractivity contribution in [1.82, 2.24) is 5.32 Å². The molecule has 2 N–H and O–H groups in total. The highest BCUT2D eigenvalue weighted by atomic mass is 19.1. The molecule has 4 fully saturated rings. The van der Waals surface area contributed by atoms with E-state index in [1.54, 1.807) is 30.3 Å². The molecule has 0 spiro atoms. The Balaban J connectivity index is 1.29. The molecule has 1 amide bonds. The number of hydrogen-bond donors (Lipinski definition) is 2. The van der Waals surface area contributed by atoms with Crippen LogP contribution in [0.1, 0.15) is 58.4 Å². The van der Waals surface area contributed by atoms with Gasteiger partial charge in [0.15, 0.2) is 24.0 Å². The minimum absolute atomic E-state index is 0.0179. The molecule has 0 radical (unpaired) electrons. The molecule has 180 valence electrons. The quantitative estimate of drug-likeness (QED) is 0.575. The van der Waals surface area contributed by atoms with Crippen LogP contribution in [0.25, 0.3) is 0 Å². The lowest BCUT2D eigenvalue weighted by atomic mass is 9.52. The second kappa shape index (κ2) is 9.12. The topological polar surface area (TPSA) is 84.9 Å². The Hall–Kier alpha value is -2.77. The molecule has 4 bridgehead atoms. The third-order valence-electron chi connectivity index (χ3n) is 7.71. The molecule has 2 aromatic rings. The molecule has 2 atom stereocenters. The van der Waals surface area contributed by atoms with Crippen molar-refractivity contribution in [2.24, 2.45) is 17.8 Å². The molecule has 2 unspecified atom stereocenters. The predicted octanol–water partition coefficient (Wildman–Crippen LogP) is 3.90. The summed E-state index contributed by atoms with van der Waals surface area (Å²) in [5, 5.41) is 14.0. The number of para-hydroxylation sites is 1. The maximum absolute atomic E-state index is 13.8. The first-order valence-corrected chi connectivity index (χ1v) is 11.9. The van der Waals surface area contributed by atoms with E-state index in [0.29, 0.717) is 34.4 Å². The zero-order valence-corrected chi connectivity index (χ0v) is 19.3. The Labute approximate surface area is 198 Å². The summed E-state index contributed by atoms with van der Waals surface area (Å²) < 4.78 is 24.4. The van der Waals surface area contributed by atoms with Crippen LogP contribution in [0.4, 0.5) is 4.39 Å². The van der Waals surface area contributed by atoms with Crippen LogP contribution in [0.5, 0.6) is 5.75 Å². The van der Waals surface area contributed by atoms with Crippen molar-refractivity contribution in [3.05, 3.63) is 65.0 Å². The summed E-state index contributed by atoms with van der Waals surface area (Å²) in [5.74, 6) is 0.171. The number of hydrogen-bond acceptors (Lipinski definition) is 5. The van der Waals surface area contributed by atoms with Gasteiger partial charge in [-0.25, -0.2) is 4.39 Å². The van der Waals surface area contributed by atoms with E-state index in [0.717, 1.165) is 32.1 Å².